The molecule has 0 aliphatic carbocycles. The van der Waals surface area contributed by atoms with Gasteiger partial charge in [-0.2, -0.15) is 13.2 Å². The maximum absolute atomic E-state index is 12.5. The Morgan fingerprint density at radius 2 is 2.06 bits per heavy atom. The molecular formula is C10H9F3N2OS. The van der Waals surface area contributed by atoms with E-state index in [4.69, 9.17) is 10.5 Å². The van der Waals surface area contributed by atoms with Crippen LogP contribution in [0.4, 0.5) is 13.2 Å². The molecule has 2 aromatic rings. The van der Waals surface area contributed by atoms with Crippen molar-refractivity contribution >= 4 is 21.6 Å². The molecule has 0 amide bonds. The average Bonchev–Trinajstić information content (AvgIpc) is 2.54. The van der Waals surface area contributed by atoms with Crippen LogP contribution < -0.4 is 4.80 Å². The van der Waals surface area contributed by atoms with E-state index in [-0.39, 0.29) is 18.0 Å². The first-order valence-electron chi connectivity index (χ1n) is 4.79. The van der Waals surface area contributed by atoms with E-state index in [1.165, 1.54) is 10.6 Å². The van der Waals surface area contributed by atoms with Crippen LogP contribution in [-0.2, 0) is 12.7 Å². The topological polar surface area (TPSA) is 49.0 Å². The Hall–Kier alpha value is -1.34. The predicted molar refractivity (Wildman–Crippen MR) is 57.8 cm³/mol. The van der Waals surface area contributed by atoms with Crippen molar-refractivity contribution in [2.45, 2.75) is 12.7 Å². The first-order valence-corrected chi connectivity index (χ1v) is 5.61. The number of fused-ring (bicyclic) bond motifs is 1. The number of nitrogens with zero attached hydrogens (tertiary/aromatic N) is 1. The Morgan fingerprint density at radius 3 is 2.65 bits per heavy atom. The van der Waals surface area contributed by atoms with Crippen molar-refractivity contribution in [3.63, 3.8) is 0 Å². The summed E-state index contributed by atoms with van der Waals surface area (Å²) in [5.74, 6) is 0. The third kappa shape index (κ3) is 2.20. The van der Waals surface area contributed by atoms with Gasteiger partial charge in [0.2, 0.25) is 0 Å². The molecule has 1 aromatic carbocycles. The standard InChI is InChI=1S/C10H9F3N2OS/c11-10(12,13)6-1-2-7-8(5-6)17-9(14)15(7)3-4-16/h1-2,5,14,16H,3-4H2. The van der Waals surface area contributed by atoms with E-state index in [0.29, 0.717) is 10.2 Å². The second-order valence-electron chi connectivity index (χ2n) is 3.46. The van der Waals surface area contributed by atoms with Crippen molar-refractivity contribution in [3.8, 4) is 0 Å². The second kappa shape index (κ2) is 4.15. The number of hydrogen-bond donors (Lipinski definition) is 2. The van der Waals surface area contributed by atoms with Crippen LogP contribution >= 0.6 is 11.3 Å². The molecule has 3 nitrogen and oxygen atoms in total. The molecule has 0 aliphatic rings. The zero-order chi connectivity index (χ0) is 12.6. The quantitative estimate of drug-likeness (QED) is 0.856. The number of thiazole rings is 1. The number of halogens is 3. The molecule has 17 heavy (non-hydrogen) atoms. The largest absolute Gasteiger partial charge is 0.416 e. The fourth-order valence-corrected chi connectivity index (χ4v) is 2.56. The summed E-state index contributed by atoms with van der Waals surface area (Å²) >= 11 is 0.967. The highest BCUT2D eigenvalue weighted by Crippen LogP contribution is 2.32. The lowest BCUT2D eigenvalue weighted by molar-refractivity contribution is -0.137. The number of aliphatic hydroxyl groups is 1. The van der Waals surface area contributed by atoms with Crippen LogP contribution in [0.2, 0.25) is 0 Å². The Morgan fingerprint density at radius 1 is 1.35 bits per heavy atom. The molecule has 0 fully saturated rings. The monoisotopic (exact) mass is 262 g/mol. The summed E-state index contributed by atoms with van der Waals surface area (Å²) in [6.45, 7) is 0.0631. The van der Waals surface area contributed by atoms with Gasteiger partial charge < -0.3 is 9.67 Å². The minimum Gasteiger partial charge on any atom is -0.395 e. The van der Waals surface area contributed by atoms with Gasteiger partial charge in [0.05, 0.1) is 22.4 Å². The summed E-state index contributed by atoms with van der Waals surface area (Å²) in [4.78, 5) is 0.133. The maximum atomic E-state index is 12.5. The van der Waals surface area contributed by atoms with Crippen LogP contribution in [-0.4, -0.2) is 16.3 Å². The van der Waals surface area contributed by atoms with E-state index in [0.717, 1.165) is 23.5 Å². The van der Waals surface area contributed by atoms with Crippen LogP contribution in [0.15, 0.2) is 18.2 Å². The first kappa shape index (κ1) is 12.1. The van der Waals surface area contributed by atoms with Crippen molar-refractivity contribution < 1.29 is 18.3 Å². The van der Waals surface area contributed by atoms with Gasteiger partial charge in [-0.05, 0) is 18.2 Å². The van der Waals surface area contributed by atoms with E-state index < -0.39 is 11.7 Å². The van der Waals surface area contributed by atoms with Gasteiger partial charge in [-0.25, -0.2) is 0 Å². The van der Waals surface area contributed by atoms with Crippen molar-refractivity contribution in [2.24, 2.45) is 0 Å². The van der Waals surface area contributed by atoms with Gasteiger partial charge in [-0.3, -0.25) is 5.41 Å². The summed E-state index contributed by atoms with van der Waals surface area (Å²) < 4.78 is 39.3. The van der Waals surface area contributed by atoms with E-state index in [9.17, 15) is 13.2 Å². The van der Waals surface area contributed by atoms with Crippen molar-refractivity contribution in [3.05, 3.63) is 28.6 Å². The predicted octanol–water partition coefficient (Wildman–Crippen LogP) is 2.19. The Labute approximate surface area is 98.3 Å². The molecule has 2 N–H and O–H groups in total. The minimum absolute atomic E-state index is 0.133. The van der Waals surface area contributed by atoms with E-state index in [1.54, 1.807) is 0 Å². The number of aromatic nitrogens is 1. The van der Waals surface area contributed by atoms with Crippen LogP contribution in [0, 0.1) is 5.41 Å². The Bertz CT molecular complexity index is 600. The molecule has 0 radical (unpaired) electrons. The lowest BCUT2D eigenvalue weighted by Gasteiger charge is -2.06. The third-order valence-corrected chi connectivity index (χ3v) is 3.31. The summed E-state index contributed by atoms with van der Waals surface area (Å²) in [5.41, 5.74) is -0.176. The summed E-state index contributed by atoms with van der Waals surface area (Å²) in [5, 5.41) is 16.4. The number of rotatable bonds is 2. The van der Waals surface area contributed by atoms with E-state index >= 15 is 0 Å². The van der Waals surface area contributed by atoms with Gasteiger partial charge in [0.15, 0.2) is 4.80 Å². The molecule has 1 heterocycles. The normalized spacial score (nSPS) is 12.2. The number of alkyl halides is 3. The Kier molecular flexibility index (Phi) is 2.96. The van der Waals surface area contributed by atoms with Crippen LogP contribution in [0.1, 0.15) is 5.56 Å². The highest BCUT2D eigenvalue weighted by Gasteiger charge is 2.30. The molecule has 0 bridgehead atoms. The fraction of sp³-hybridized carbons (Fsp3) is 0.300. The lowest BCUT2D eigenvalue weighted by atomic mass is 10.2. The molecule has 7 heteroatoms. The minimum atomic E-state index is -4.37. The van der Waals surface area contributed by atoms with Gasteiger partial charge in [0.1, 0.15) is 0 Å². The zero-order valence-corrected chi connectivity index (χ0v) is 9.40. The van der Waals surface area contributed by atoms with Gasteiger partial charge in [0, 0.05) is 6.54 Å². The maximum Gasteiger partial charge on any atom is 0.416 e. The van der Waals surface area contributed by atoms with Crippen LogP contribution in [0.3, 0.4) is 0 Å². The fourth-order valence-electron chi connectivity index (χ4n) is 1.59. The Balaban J connectivity index is 2.62. The highest BCUT2D eigenvalue weighted by molar-refractivity contribution is 7.16. The molecule has 0 spiro atoms. The molecule has 0 saturated carbocycles. The van der Waals surface area contributed by atoms with Crippen LogP contribution in [0.5, 0.6) is 0 Å². The van der Waals surface area contributed by atoms with Crippen LogP contribution in [0.25, 0.3) is 10.2 Å². The van der Waals surface area contributed by atoms with Gasteiger partial charge in [0.25, 0.3) is 0 Å². The first-order chi connectivity index (χ1) is 7.93. The smallest absolute Gasteiger partial charge is 0.395 e. The van der Waals surface area contributed by atoms with Gasteiger partial charge in [-0.15, -0.1) is 0 Å². The molecule has 0 atom stereocenters. The van der Waals surface area contributed by atoms with Crippen molar-refractivity contribution in [1.82, 2.24) is 4.57 Å². The van der Waals surface area contributed by atoms with Gasteiger partial charge >= 0.3 is 6.18 Å². The van der Waals surface area contributed by atoms with E-state index in [2.05, 4.69) is 0 Å². The number of nitrogens with one attached hydrogen (secondary N) is 1. The lowest BCUT2D eigenvalue weighted by Crippen LogP contribution is -2.15. The van der Waals surface area contributed by atoms with Gasteiger partial charge in [-0.1, -0.05) is 11.3 Å². The van der Waals surface area contributed by atoms with Crippen molar-refractivity contribution in [1.29, 1.82) is 5.41 Å². The zero-order valence-electron chi connectivity index (χ0n) is 8.58. The number of aliphatic hydroxyl groups excluding tert-OH is 1. The summed E-state index contributed by atoms with van der Waals surface area (Å²) in [6, 6.07) is 3.36. The molecule has 0 unspecified atom stereocenters. The summed E-state index contributed by atoms with van der Waals surface area (Å²) in [6.07, 6.45) is -4.37. The molecule has 92 valence electrons. The SMILES string of the molecule is N=c1sc2cc(C(F)(F)F)ccc2n1CCO. The molecule has 0 saturated heterocycles. The molecule has 1 aromatic heterocycles. The van der Waals surface area contributed by atoms with Crippen molar-refractivity contribution in [2.75, 3.05) is 6.61 Å². The molecule has 0 aliphatic heterocycles. The molecule has 2 rings (SSSR count). The average molecular weight is 262 g/mol. The summed E-state index contributed by atoms with van der Waals surface area (Å²) in [7, 11) is 0. The number of benzene rings is 1. The highest BCUT2D eigenvalue weighted by atomic mass is 32.1. The molecular weight excluding hydrogens is 253 g/mol. The number of hydrogen-bond acceptors (Lipinski definition) is 3. The third-order valence-electron chi connectivity index (χ3n) is 2.35. The second-order valence-corrected chi connectivity index (χ2v) is 4.49. The van der Waals surface area contributed by atoms with E-state index in [1.807, 2.05) is 0 Å².